The van der Waals surface area contributed by atoms with Gasteiger partial charge in [0.15, 0.2) is 0 Å². The largest absolute Gasteiger partial charge is 0.376 e. The third-order valence-electron chi connectivity index (χ3n) is 6.51. The minimum atomic E-state index is -0.621. The Labute approximate surface area is 221 Å². The summed E-state index contributed by atoms with van der Waals surface area (Å²) >= 11 is 7.50. The van der Waals surface area contributed by atoms with Crippen LogP contribution in [0.15, 0.2) is 42.6 Å². The minimum Gasteiger partial charge on any atom is -0.376 e. The molecular formula is C27H32ClN5O2S. The van der Waals surface area contributed by atoms with Crippen molar-refractivity contribution in [1.29, 1.82) is 0 Å². The molecule has 0 aromatic carbocycles. The first kappa shape index (κ1) is 26.1. The summed E-state index contributed by atoms with van der Waals surface area (Å²) < 4.78 is 0. The molecule has 190 valence electrons. The van der Waals surface area contributed by atoms with E-state index < -0.39 is 6.04 Å². The van der Waals surface area contributed by atoms with Crippen LogP contribution in [-0.2, 0) is 4.79 Å². The first-order valence-electron chi connectivity index (χ1n) is 12.3. The fourth-order valence-electron chi connectivity index (χ4n) is 4.53. The van der Waals surface area contributed by atoms with Gasteiger partial charge in [0.25, 0.3) is 5.91 Å². The molecule has 1 aliphatic carbocycles. The van der Waals surface area contributed by atoms with Gasteiger partial charge in [0.1, 0.15) is 11.9 Å². The van der Waals surface area contributed by atoms with E-state index in [1.54, 1.807) is 12.3 Å². The van der Waals surface area contributed by atoms with Crippen LogP contribution in [0.5, 0.6) is 0 Å². The van der Waals surface area contributed by atoms with Gasteiger partial charge < -0.3 is 16.0 Å². The molecule has 0 radical (unpaired) electrons. The smallest absolute Gasteiger partial charge is 0.262 e. The quantitative estimate of drug-likeness (QED) is 0.304. The average Bonchev–Trinajstić information content (AvgIpc) is 3.53. The predicted molar refractivity (Wildman–Crippen MR) is 146 cm³/mol. The van der Waals surface area contributed by atoms with Crippen molar-refractivity contribution in [2.75, 3.05) is 10.6 Å². The number of halogens is 1. The Morgan fingerprint density at radius 3 is 2.69 bits per heavy atom. The van der Waals surface area contributed by atoms with Gasteiger partial charge in [-0.25, -0.2) is 4.98 Å². The molecule has 1 saturated carbocycles. The topological polar surface area (TPSA) is 96.0 Å². The monoisotopic (exact) mass is 525 g/mol. The molecule has 0 saturated heterocycles. The average molecular weight is 526 g/mol. The van der Waals surface area contributed by atoms with Gasteiger partial charge in [0, 0.05) is 16.8 Å². The van der Waals surface area contributed by atoms with Crippen LogP contribution < -0.4 is 16.0 Å². The fourth-order valence-corrected chi connectivity index (χ4v) is 5.60. The fraction of sp³-hybridized carbons (Fsp3) is 0.407. The number of hydrogen-bond donors (Lipinski definition) is 3. The number of amides is 2. The maximum absolute atomic E-state index is 13.2. The molecule has 3 aromatic rings. The van der Waals surface area contributed by atoms with E-state index in [0.29, 0.717) is 28.1 Å². The molecule has 3 heterocycles. The molecule has 9 heteroatoms. The van der Waals surface area contributed by atoms with Gasteiger partial charge in [0.05, 0.1) is 27.3 Å². The molecule has 2 atom stereocenters. The summed E-state index contributed by atoms with van der Waals surface area (Å²) in [5.74, 6) is 0.456. The summed E-state index contributed by atoms with van der Waals surface area (Å²) in [5.41, 5.74) is 2.53. The number of pyridine rings is 2. The van der Waals surface area contributed by atoms with E-state index in [9.17, 15) is 9.59 Å². The van der Waals surface area contributed by atoms with Crippen LogP contribution in [0.1, 0.15) is 71.0 Å². The highest BCUT2D eigenvalue weighted by Gasteiger charge is 2.28. The van der Waals surface area contributed by atoms with Crippen LogP contribution in [0, 0.1) is 19.8 Å². The van der Waals surface area contributed by atoms with Crippen LogP contribution in [0.3, 0.4) is 0 Å². The van der Waals surface area contributed by atoms with Crippen LogP contribution in [0.25, 0.3) is 0 Å². The summed E-state index contributed by atoms with van der Waals surface area (Å²) in [6.45, 7) is 5.82. The second-order valence-electron chi connectivity index (χ2n) is 9.42. The Balaban J connectivity index is 1.44. The lowest BCUT2D eigenvalue weighted by molar-refractivity contribution is -0.118. The first-order chi connectivity index (χ1) is 17.3. The zero-order valence-corrected chi connectivity index (χ0v) is 22.4. The highest BCUT2D eigenvalue weighted by Crippen LogP contribution is 2.30. The maximum atomic E-state index is 13.2. The number of carbonyl (C=O) groups excluding carboxylic acids is 2. The molecule has 1 unspecified atom stereocenters. The third-order valence-corrected chi connectivity index (χ3v) is 7.98. The Morgan fingerprint density at radius 2 is 1.94 bits per heavy atom. The summed E-state index contributed by atoms with van der Waals surface area (Å²) in [6.07, 6.45) is 6.77. The molecule has 36 heavy (non-hydrogen) atoms. The molecule has 0 bridgehead atoms. The lowest BCUT2D eigenvalue weighted by Gasteiger charge is -2.21. The number of aryl methyl sites for hydroxylation is 2. The van der Waals surface area contributed by atoms with Crippen molar-refractivity contribution in [3.8, 4) is 0 Å². The first-order valence-corrected chi connectivity index (χ1v) is 13.5. The Hall–Kier alpha value is -2.97. The Bertz CT molecular complexity index is 1220. The van der Waals surface area contributed by atoms with Crippen molar-refractivity contribution >= 4 is 46.3 Å². The SMILES string of the molecule is Cc1cccc(NC(=O)C(CC2CCCC2)NC(=O)c2ccc([C@H](C)Nc3cc(Cl)cnc3C)s2)n1. The molecule has 7 nitrogen and oxygen atoms in total. The molecule has 4 rings (SSSR count). The number of aromatic nitrogens is 2. The Kier molecular flexibility index (Phi) is 8.59. The molecule has 1 aliphatic rings. The molecule has 0 aliphatic heterocycles. The second-order valence-corrected chi connectivity index (χ2v) is 11.0. The van der Waals surface area contributed by atoms with E-state index in [0.717, 1.165) is 34.8 Å². The van der Waals surface area contributed by atoms with E-state index in [1.165, 1.54) is 24.2 Å². The van der Waals surface area contributed by atoms with E-state index in [1.807, 2.05) is 51.1 Å². The summed E-state index contributed by atoms with van der Waals surface area (Å²) in [4.78, 5) is 36.6. The van der Waals surface area contributed by atoms with E-state index in [-0.39, 0.29) is 17.9 Å². The van der Waals surface area contributed by atoms with Crippen molar-refractivity contribution in [2.24, 2.45) is 5.92 Å². The van der Waals surface area contributed by atoms with Crippen molar-refractivity contribution in [3.05, 3.63) is 68.8 Å². The van der Waals surface area contributed by atoms with Crippen molar-refractivity contribution < 1.29 is 9.59 Å². The third kappa shape index (κ3) is 6.83. The summed E-state index contributed by atoms with van der Waals surface area (Å²) in [5, 5.41) is 9.87. The number of hydrogen-bond acceptors (Lipinski definition) is 6. The predicted octanol–water partition coefficient (Wildman–Crippen LogP) is 6.30. The summed E-state index contributed by atoms with van der Waals surface area (Å²) in [6, 6.07) is 10.4. The zero-order valence-electron chi connectivity index (χ0n) is 20.8. The molecule has 3 aromatic heterocycles. The van der Waals surface area contributed by atoms with Gasteiger partial charge >= 0.3 is 0 Å². The van der Waals surface area contributed by atoms with Crippen molar-refractivity contribution in [1.82, 2.24) is 15.3 Å². The molecule has 2 amide bonds. The lowest BCUT2D eigenvalue weighted by atomic mass is 9.97. The number of thiophene rings is 1. The lowest BCUT2D eigenvalue weighted by Crippen LogP contribution is -2.44. The van der Waals surface area contributed by atoms with Gasteiger partial charge in [-0.05, 0) is 63.4 Å². The standard InChI is InChI=1S/C27H32ClN5O2S/c1-16-7-6-10-25(30-16)33-26(34)22(13-19-8-4-5-9-19)32-27(35)24-12-11-23(36-24)18(3)31-21-14-20(28)15-29-17(21)2/h6-7,10-12,14-15,18-19,22,31H,4-5,8-9,13H2,1-3H3,(H,32,35)(H,30,33,34)/t18-,22?/m0/s1. The van der Waals surface area contributed by atoms with Gasteiger partial charge in [-0.15, -0.1) is 11.3 Å². The summed E-state index contributed by atoms with van der Waals surface area (Å²) in [7, 11) is 0. The second kappa shape index (κ2) is 11.8. The van der Waals surface area contributed by atoms with Crippen LogP contribution in [0.2, 0.25) is 5.02 Å². The van der Waals surface area contributed by atoms with E-state index >= 15 is 0 Å². The van der Waals surface area contributed by atoms with E-state index in [2.05, 4.69) is 25.9 Å². The van der Waals surface area contributed by atoms with Crippen LogP contribution in [0.4, 0.5) is 11.5 Å². The zero-order chi connectivity index (χ0) is 25.7. The Morgan fingerprint density at radius 1 is 1.17 bits per heavy atom. The highest BCUT2D eigenvalue weighted by atomic mass is 35.5. The highest BCUT2D eigenvalue weighted by molar-refractivity contribution is 7.14. The number of nitrogens with zero attached hydrogens (tertiary/aromatic N) is 2. The molecule has 1 fully saturated rings. The number of rotatable bonds is 9. The molecule has 0 spiro atoms. The minimum absolute atomic E-state index is 0.0412. The normalized spacial score (nSPS) is 15.3. The van der Waals surface area contributed by atoms with Gasteiger partial charge in [-0.2, -0.15) is 0 Å². The van der Waals surface area contributed by atoms with Crippen LogP contribution in [-0.4, -0.2) is 27.8 Å². The number of anilines is 2. The number of nitrogens with one attached hydrogen (secondary N) is 3. The molecular weight excluding hydrogens is 494 g/mol. The van der Waals surface area contributed by atoms with Crippen molar-refractivity contribution in [2.45, 2.75) is 65.0 Å². The molecule has 3 N–H and O–H groups in total. The van der Waals surface area contributed by atoms with Crippen LogP contribution >= 0.6 is 22.9 Å². The van der Waals surface area contributed by atoms with Gasteiger partial charge in [-0.1, -0.05) is 43.4 Å². The number of carbonyl (C=O) groups is 2. The van der Waals surface area contributed by atoms with Crippen molar-refractivity contribution in [3.63, 3.8) is 0 Å². The van der Waals surface area contributed by atoms with Gasteiger partial charge in [0.2, 0.25) is 5.91 Å². The van der Waals surface area contributed by atoms with Gasteiger partial charge in [-0.3, -0.25) is 14.6 Å². The van der Waals surface area contributed by atoms with E-state index in [4.69, 9.17) is 11.6 Å². The maximum Gasteiger partial charge on any atom is 0.262 e.